The van der Waals surface area contributed by atoms with E-state index in [0.29, 0.717) is 6.04 Å². The molecule has 1 aliphatic heterocycles. The highest BCUT2D eigenvalue weighted by Gasteiger charge is 2.23. The molecule has 1 atom stereocenters. The normalized spacial score (nSPS) is 22.9. The van der Waals surface area contributed by atoms with E-state index >= 15 is 0 Å². The van der Waals surface area contributed by atoms with E-state index in [9.17, 15) is 0 Å². The minimum atomic E-state index is 0.647. The fraction of sp³-hybridized carbons (Fsp3) is 1.00. The van der Waals surface area contributed by atoms with Crippen LogP contribution >= 0.6 is 0 Å². The molecule has 0 aromatic carbocycles. The summed E-state index contributed by atoms with van der Waals surface area (Å²) in [6.07, 6.45) is 2.64. The third-order valence-electron chi connectivity index (χ3n) is 3.46. The van der Waals surface area contributed by atoms with Gasteiger partial charge in [0, 0.05) is 18.6 Å². The highest BCUT2D eigenvalue weighted by molar-refractivity contribution is 4.80. The first-order chi connectivity index (χ1) is 6.65. The van der Waals surface area contributed by atoms with Crippen molar-refractivity contribution in [3.05, 3.63) is 0 Å². The van der Waals surface area contributed by atoms with Gasteiger partial charge in [0.1, 0.15) is 0 Å². The number of hydrogen-bond acceptors (Lipinski definition) is 3. The Morgan fingerprint density at radius 3 is 2.50 bits per heavy atom. The molecule has 1 N–H and O–H groups in total. The Kier molecular flexibility index (Phi) is 4.85. The van der Waals surface area contributed by atoms with Crippen LogP contribution < -0.4 is 5.32 Å². The lowest BCUT2D eigenvalue weighted by molar-refractivity contribution is 0.113. The maximum atomic E-state index is 3.24. The average molecular weight is 199 g/mol. The summed E-state index contributed by atoms with van der Waals surface area (Å²) in [4.78, 5) is 4.95. The summed E-state index contributed by atoms with van der Waals surface area (Å²) in [6, 6.07) is 1.43. The fourth-order valence-electron chi connectivity index (χ4n) is 2.20. The van der Waals surface area contributed by atoms with Gasteiger partial charge in [-0.3, -0.25) is 4.90 Å². The molecular formula is C11H25N3. The Bertz CT molecular complexity index is 153. The van der Waals surface area contributed by atoms with Gasteiger partial charge in [-0.1, -0.05) is 0 Å². The van der Waals surface area contributed by atoms with Crippen molar-refractivity contribution >= 4 is 0 Å². The van der Waals surface area contributed by atoms with E-state index in [0.717, 1.165) is 12.6 Å². The molecule has 0 radical (unpaired) electrons. The van der Waals surface area contributed by atoms with Crippen molar-refractivity contribution in [1.29, 1.82) is 0 Å². The Balaban J connectivity index is 2.33. The van der Waals surface area contributed by atoms with Crippen LogP contribution in [0, 0.1) is 0 Å². The van der Waals surface area contributed by atoms with Crippen LogP contribution in [0.5, 0.6) is 0 Å². The molecule has 3 heteroatoms. The summed E-state index contributed by atoms with van der Waals surface area (Å²) < 4.78 is 0. The quantitative estimate of drug-likeness (QED) is 0.716. The zero-order chi connectivity index (χ0) is 10.6. The molecule has 0 aromatic rings. The van der Waals surface area contributed by atoms with E-state index in [1.807, 2.05) is 7.05 Å². The molecule has 0 aliphatic carbocycles. The summed E-state index contributed by atoms with van der Waals surface area (Å²) in [5.74, 6) is 0. The molecule has 1 heterocycles. The van der Waals surface area contributed by atoms with Crippen molar-refractivity contribution in [2.75, 3.05) is 40.8 Å². The molecule has 0 saturated carbocycles. The van der Waals surface area contributed by atoms with Gasteiger partial charge in [0.2, 0.25) is 0 Å². The second kappa shape index (κ2) is 5.69. The van der Waals surface area contributed by atoms with Crippen molar-refractivity contribution in [3.8, 4) is 0 Å². The minimum absolute atomic E-state index is 0.647. The predicted molar refractivity (Wildman–Crippen MR) is 61.7 cm³/mol. The number of rotatable bonds is 4. The van der Waals surface area contributed by atoms with E-state index in [1.165, 1.54) is 25.9 Å². The molecule has 0 spiro atoms. The van der Waals surface area contributed by atoms with Gasteiger partial charge in [-0.15, -0.1) is 0 Å². The largest absolute Gasteiger partial charge is 0.318 e. The second-order valence-corrected chi connectivity index (χ2v) is 4.61. The summed E-state index contributed by atoms with van der Waals surface area (Å²) in [5, 5.41) is 3.24. The molecule has 84 valence electrons. The Morgan fingerprint density at radius 2 is 2.00 bits per heavy atom. The van der Waals surface area contributed by atoms with Crippen LogP contribution in [-0.4, -0.2) is 62.7 Å². The summed E-state index contributed by atoms with van der Waals surface area (Å²) in [6.45, 7) is 5.89. The lowest BCUT2D eigenvalue weighted by Gasteiger charge is -2.38. The van der Waals surface area contributed by atoms with Crippen LogP contribution in [0.2, 0.25) is 0 Å². The lowest BCUT2D eigenvalue weighted by atomic mass is 10.0. The molecule has 1 rings (SSSR count). The molecule has 1 unspecified atom stereocenters. The third-order valence-corrected chi connectivity index (χ3v) is 3.46. The SMILES string of the molecule is CNCC(C)N(C)C1CCN(C)CC1. The monoisotopic (exact) mass is 199 g/mol. The van der Waals surface area contributed by atoms with Crippen LogP contribution in [0.4, 0.5) is 0 Å². The molecule has 3 nitrogen and oxygen atoms in total. The van der Waals surface area contributed by atoms with Gasteiger partial charge in [-0.25, -0.2) is 0 Å². The van der Waals surface area contributed by atoms with Gasteiger partial charge in [0.15, 0.2) is 0 Å². The second-order valence-electron chi connectivity index (χ2n) is 4.61. The van der Waals surface area contributed by atoms with Crippen LogP contribution in [0.25, 0.3) is 0 Å². The summed E-state index contributed by atoms with van der Waals surface area (Å²) >= 11 is 0. The van der Waals surface area contributed by atoms with Gasteiger partial charge in [0.25, 0.3) is 0 Å². The van der Waals surface area contributed by atoms with E-state index in [2.05, 4.69) is 36.1 Å². The van der Waals surface area contributed by atoms with Crippen molar-refractivity contribution < 1.29 is 0 Å². The van der Waals surface area contributed by atoms with Crippen LogP contribution in [0.1, 0.15) is 19.8 Å². The number of nitrogens with one attached hydrogen (secondary N) is 1. The first kappa shape index (κ1) is 12.0. The highest BCUT2D eigenvalue weighted by Crippen LogP contribution is 2.15. The third kappa shape index (κ3) is 3.23. The zero-order valence-electron chi connectivity index (χ0n) is 10.1. The van der Waals surface area contributed by atoms with Gasteiger partial charge in [0.05, 0.1) is 0 Å². The van der Waals surface area contributed by atoms with Crippen molar-refractivity contribution in [1.82, 2.24) is 15.1 Å². The molecule has 0 bridgehead atoms. The topological polar surface area (TPSA) is 18.5 Å². The Labute approximate surface area is 88.5 Å². The Hall–Kier alpha value is -0.120. The molecular weight excluding hydrogens is 174 g/mol. The number of likely N-dealkylation sites (N-methyl/N-ethyl adjacent to an activating group) is 2. The van der Waals surface area contributed by atoms with Gasteiger partial charge >= 0.3 is 0 Å². The zero-order valence-corrected chi connectivity index (χ0v) is 10.1. The first-order valence-corrected chi connectivity index (χ1v) is 5.70. The maximum absolute atomic E-state index is 3.24. The number of likely N-dealkylation sites (tertiary alicyclic amines) is 1. The van der Waals surface area contributed by atoms with E-state index in [4.69, 9.17) is 0 Å². The number of hydrogen-bond donors (Lipinski definition) is 1. The molecule has 0 aromatic heterocycles. The lowest BCUT2D eigenvalue weighted by Crippen LogP contribution is -2.47. The standard InChI is InChI=1S/C11H25N3/c1-10(9-12-2)14(4)11-5-7-13(3)8-6-11/h10-12H,5-9H2,1-4H3. The van der Waals surface area contributed by atoms with Crippen LogP contribution in [-0.2, 0) is 0 Å². The fourth-order valence-corrected chi connectivity index (χ4v) is 2.20. The molecule has 1 fully saturated rings. The number of nitrogens with zero attached hydrogens (tertiary/aromatic N) is 2. The Morgan fingerprint density at radius 1 is 1.43 bits per heavy atom. The minimum Gasteiger partial charge on any atom is -0.318 e. The maximum Gasteiger partial charge on any atom is 0.0192 e. The van der Waals surface area contributed by atoms with Gasteiger partial charge in [-0.2, -0.15) is 0 Å². The first-order valence-electron chi connectivity index (χ1n) is 5.70. The molecule has 14 heavy (non-hydrogen) atoms. The summed E-state index contributed by atoms with van der Waals surface area (Å²) in [7, 11) is 6.50. The van der Waals surface area contributed by atoms with Crippen molar-refractivity contribution in [2.24, 2.45) is 0 Å². The van der Waals surface area contributed by atoms with Crippen molar-refractivity contribution in [3.63, 3.8) is 0 Å². The van der Waals surface area contributed by atoms with E-state index < -0.39 is 0 Å². The smallest absolute Gasteiger partial charge is 0.0192 e. The molecule has 1 aliphatic rings. The number of piperidine rings is 1. The van der Waals surface area contributed by atoms with E-state index in [-0.39, 0.29) is 0 Å². The van der Waals surface area contributed by atoms with Gasteiger partial charge in [-0.05, 0) is 54.0 Å². The van der Waals surface area contributed by atoms with E-state index in [1.54, 1.807) is 0 Å². The molecule has 1 saturated heterocycles. The van der Waals surface area contributed by atoms with Crippen LogP contribution in [0.3, 0.4) is 0 Å². The van der Waals surface area contributed by atoms with Gasteiger partial charge < -0.3 is 10.2 Å². The highest BCUT2D eigenvalue weighted by atomic mass is 15.2. The predicted octanol–water partition coefficient (Wildman–Crippen LogP) is 0.620. The van der Waals surface area contributed by atoms with Crippen molar-refractivity contribution in [2.45, 2.75) is 31.8 Å². The summed E-state index contributed by atoms with van der Waals surface area (Å²) in [5.41, 5.74) is 0. The average Bonchev–Trinajstić information content (AvgIpc) is 2.18. The molecule has 0 amide bonds. The van der Waals surface area contributed by atoms with Crippen LogP contribution in [0.15, 0.2) is 0 Å².